The predicted octanol–water partition coefficient (Wildman–Crippen LogP) is 4.65. The summed E-state index contributed by atoms with van der Waals surface area (Å²) < 4.78 is 0. The number of hydrogen-bond donors (Lipinski definition) is 3. The molecule has 0 unspecified atom stereocenters. The molecule has 0 aromatic heterocycles. The molecule has 1 aliphatic rings. The number of nitrogens with one attached hydrogen (secondary N) is 3. The highest BCUT2D eigenvalue weighted by atomic mass is 16.2. The average molecular weight is 522 g/mol. The van der Waals surface area contributed by atoms with Crippen LogP contribution in [-0.4, -0.2) is 65.9 Å². The maximum Gasteiger partial charge on any atom is 0.319 e. The Morgan fingerprint density at radius 3 is 2.18 bits per heavy atom. The van der Waals surface area contributed by atoms with Crippen LogP contribution < -0.4 is 16.0 Å². The smallest absolute Gasteiger partial charge is 0.319 e. The number of rotatable bonds is 6. The highest BCUT2D eigenvalue weighted by Crippen LogP contribution is 2.19. The fraction of sp³-hybridized carbons (Fsp3) is 0.500. The Labute approximate surface area is 227 Å². The van der Waals surface area contributed by atoms with Crippen LogP contribution in [0, 0.1) is 12.3 Å². The molecule has 1 fully saturated rings. The molecule has 0 bridgehead atoms. The van der Waals surface area contributed by atoms with Crippen LogP contribution >= 0.6 is 0 Å². The van der Waals surface area contributed by atoms with Gasteiger partial charge in [0.1, 0.15) is 0 Å². The van der Waals surface area contributed by atoms with Crippen LogP contribution in [0.3, 0.4) is 0 Å². The number of amides is 4. The van der Waals surface area contributed by atoms with Crippen molar-refractivity contribution in [2.24, 2.45) is 5.41 Å². The molecular formula is C30H43N5O3. The lowest BCUT2D eigenvalue weighted by Crippen LogP contribution is -2.48. The van der Waals surface area contributed by atoms with E-state index in [1.807, 2.05) is 62.9 Å². The third kappa shape index (κ3) is 8.87. The maximum absolute atomic E-state index is 13.2. The Morgan fingerprint density at radius 1 is 0.895 bits per heavy atom. The van der Waals surface area contributed by atoms with Gasteiger partial charge in [-0.25, -0.2) is 4.79 Å². The molecule has 0 spiro atoms. The summed E-state index contributed by atoms with van der Waals surface area (Å²) in [5, 5.41) is 8.72. The summed E-state index contributed by atoms with van der Waals surface area (Å²) in [5.74, 6) is -0.0661. The van der Waals surface area contributed by atoms with E-state index in [9.17, 15) is 14.4 Å². The van der Waals surface area contributed by atoms with E-state index in [1.54, 1.807) is 12.1 Å². The van der Waals surface area contributed by atoms with Crippen LogP contribution in [0.15, 0.2) is 42.5 Å². The molecule has 8 nitrogen and oxygen atoms in total. The number of aryl methyl sites for hydroxylation is 1. The molecule has 1 aliphatic heterocycles. The van der Waals surface area contributed by atoms with E-state index in [4.69, 9.17) is 0 Å². The van der Waals surface area contributed by atoms with E-state index in [0.717, 1.165) is 30.8 Å². The molecule has 3 rings (SSSR count). The van der Waals surface area contributed by atoms with E-state index in [1.165, 1.54) is 0 Å². The minimum atomic E-state index is -0.286. The monoisotopic (exact) mass is 521 g/mol. The summed E-state index contributed by atoms with van der Waals surface area (Å²) >= 11 is 0. The van der Waals surface area contributed by atoms with Crippen molar-refractivity contribution in [2.75, 3.05) is 38.0 Å². The Bertz CT molecular complexity index is 1160. The van der Waals surface area contributed by atoms with E-state index in [-0.39, 0.29) is 28.8 Å². The zero-order valence-electron chi connectivity index (χ0n) is 23.9. The Hall–Kier alpha value is -3.39. The number of carbonyl (C=O) groups excluding carboxylic acids is 3. The first-order chi connectivity index (χ1) is 17.7. The minimum Gasteiger partial charge on any atom is -0.347 e. The number of urea groups is 1. The number of anilines is 1. The number of hydrogen-bond acceptors (Lipinski definition) is 4. The van der Waals surface area contributed by atoms with Crippen LogP contribution in [0.1, 0.15) is 73.4 Å². The van der Waals surface area contributed by atoms with Gasteiger partial charge < -0.3 is 20.9 Å². The summed E-state index contributed by atoms with van der Waals surface area (Å²) in [7, 11) is 0. The quantitative estimate of drug-likeness (QED) is 0.516. The van der Waals surface area contributed by atoms with Gasteiger partial charge in [0.15, 0.2) is 0 Å². The van der Waals surface area contributed by atoms with Crippen LogP contribution in [0.4, 0.5) is 10.5 Å². The summed E-state index contributed by atoms with van der Waals surface area (Å²) in [6.45, 7) is 18.1. The molecule has 4 amide bonds. The Morgan fingerprint density at radius 2 is 1.58 bits per heavy atom. The summed E-state index contributed by atoms with van der Waals surface area (Å²) in [4.78, 5) is 42.1. The van der Waals surface area contributed by atoms with Crippen molar-refractivity contribution in [1.29, 1.82) is 0 Å². The zero-order valence-corrected chi connectivity index (χ0v) is 23.9. The first kappa shape index (κ1) is 29.2. The van der Waals surface area contributed by atoms with Gasteiger partial charge in [0.2, 0.25) is 0 Å². The minimum absolute atomic E-state index is 0.000197. The van der Waals surface area contributed by atoms with Gasteiger partial charge in [0, 0.05) is 61.6 Å². The molecule has 1 heterocycles. The Balaban J connectivity index is 1.53. The van der Waals surface area contributed by atoms with Gasteiger partial charge in [-0.05, 0) is 74.6 Å². The third-order valence-corrected chi connectivity index (χ3v) is 6.24. The van der Waals surface area contributed by atoms with Crippen molar-refractivity contribution in [3.63, 3.8) is 0 Å². The number of piperazine rings is 1. The number of nitrogens with zero attached hydrogens (tertiary/aromatic N) is 2. The van der Waals surface area contributed by atoms with Gasteiger partial charge in [-0.15, -0.1) is 0 Å². The highest BCUT2D eigenvalue weighted by Gasteiger charge is 2.24. The molecule has 2 aromatic carbocycles. The highest BCUT2D eigenvalue weighted by molar-refractivity contribution is 5.97. The zero-order chi connectivity index (χ0) is 28.1. The molecule has 0 radical (unpaired) electrons. The number of carbonyl (C=O) groups is 3. The molecule has 8 heteroatoms. The van der Waals surface area contributed by atoms with E-state index < -0.39 is 0 Å². The molecule has 38 heavy (non-hydrogen) atoms. The van der Waals surface area contributed by atoms with Crippen LogP contribution in [0.25, 0.3) is 0 Å². The SMILES string of the molecule is Cc1cc(NC(=O)NCC(C)(C)C)ccc1C(=O)N1CCN(Cc2cccc(C(=O)NC(C)(C)C)c2)CC1. The Kier molecular flexibility index (Phi) is 9.20. The number of benzene rings is 2. The topological polar surface area (TPSA) is 93.8 Å². The van der Waals surface area contributed by atoms with Gasteiger partial charge >= 0.3 is 6.03 Å². The van der Waals surface area contributed by atoms with Crippen molar-refractivity contribution >= 4 is 23.5 Å². The van der Waals surface area contributed by atoms with E-state index in [0.29, 0.717) is 36.4 Å². The van der Waals surface area contributed by atoms with Gasteiger partial charge in [-0.2, -0.15) is 0 Å². The normalized spacial score (nSPS) is 14.7. The molecule has 0 aliphatic carbocycles. The maximum atomic E-state index is 13.2. The van der Waals surface area contributed by atoms with Crippen molar-refractivity contribution in [3.8, 4) is 0 Å². The van der Waals surface area contributed by atoms with Crippen molar-refractivity contribution < 1.29 is 14.4 Å². The molecule has 206 valence electrons. The molecule has 0 atom stereocenters. The predicted molar refractivity (Wildman–Crippen MR) is 152 cm³/mol. The van der Waals surface area contributed by atoms with Gasteiger partial charge in [0.25, 0.3) is 11.8 Å². The van der Waals surface area contributed by atoms with Gasteiger partial charge in [0.05, 0.1) is 0 Å². The lowest BCUT2D eigenvalue weighted by Gasteiger charge is -2.35. The second-order valence-corrected chi connectivity index (χ2v) is 12.4. The van der Waals surface area contributed by atoms with E-state index >= 15 is 0 Å². The molecule has 3 N–H and O–H groups in total. The summed E-state index contributed by atoms with van der Waals surface area (Å²) in [6, 6.07) is 12.9. The molecule has 1 saturated heterocycles. The largest absolute Gasteiger partial charge is 0.347 e. The standard InChI is InChI=1S/C30H43N5O3/c1-21-17-24(32-28(38)31-20-29(2,3)4)11-12-25(21)27(37)35-15-13-34(14-16-35)19-22-9-8-10-23(18-22)26(36)33-30(5,6)7/h8-12,17-18H,13-16,19-20H2,1-7H3,(H,33,36)(H2,31,32,38). The first-order valence-corrected chi connectivity index (χ1v) is 13.3. The van der Waals surface area contributed by atoms with Gasteiger partial charge in [-0.3, -0.25) is 14.5 Å². The van der Waals surface area contributed by atoms with Crippen molar-refractivity contribution in [2.45, 2.75) is 60.5 Å². The van der Waals surface area contributed by atoms with Crippen molar-refractivity contribution in [1.82, 2.24) is 20.4 Å². The molecule has 0 saturated carbocycles. The molecular weight excluding hydrogens is 478 g/mol. The fourth-order valence-corrected chi connectivity index (χ4v) is 4.26. The average Bonchev–Trinajstić information content (AvgIpc) is 2.82. The van der Waals surface area contributed by atoms with E-state index in [2.05, 4.69) is 41.6 Å². The van der Waals surface area contributed by atoms with Crippen LogP contribution in [0.2, 0.25) is 0 Å². The summed E-state index contributed by atoms with van der Waals surface area (Å²) in [6.07, 6.45) is 0. The van der Waals surface area contributed by atoms with Gasteiger partial charge in [-0.1, -0.05) is 32.9 Å². The summed E-state index contributed by atoms with van der Waals surface area (Å²) in [5.41, 5.74) is 3.59. The third-order valence-electron chi connectivity index (χ3n) is 6.24. The molecule has 2 aromatic rings. The van der Waals surface area contributed by atoms with Crippen LogP contribution in [0.5, 0.6) is 0 Å². The van der Waals surface area contributed by atoms with Crippen LogP contribution in [-0.2, 0) is 6.54 Å². The second kappa shape index (κ2) is 12.0. The first-order valence-electron chi connectivity index (χ1n) is 13.3. The van der Waals surface area contributed by atoms with Crippen molar-refractivity contribution in [3.05, 3.63) is 64.7 Å². The fourth-order valence-electron chi connectivity index (χ4n) is 4.26. The lowest BCUT2D eigenvalue weighted by atomic mass is 9.97. The lowest BCUT2D eigenvalue weighted by molar-refractivity contribution is 0.0627. The second-order valence-electron chi connectivity index (χ2n) is 12.4.